The number of anilines is 1. The van der Waals surface area contributed by atoms with Crippen LogP contribution in [-0.2, 0) is 24.1 Å². The average molecular weight is 343 g/mol. The number of amides is 1. The first kappa shape index (κ1) is 14.8. The molecule has 6 heteroatoms. The van der Waals surface area contributed by atoms with Crippen LogP contribution in [0.2, 0.25) is 0 Å². The molecule has 1 aliphatic carbocycles. The van der Waals surface area contributed by atoms with E-state index in [2.05, 4.69) is 21.4 Å². The standard InChI is InChI=1S/C17H17N3OS2/c21-15(20-17-19-12-6-3-8-14(12)23-17)9-4-10-16-18-11-5-1-2-7-13(11)22-16/h1-2,5,7H,3-4,6,8-10H2,(H,19,20,21). The minimum Gasteiger partial charge on any atom is -0.302 e. The van der Waals surface area contributed by atoms with Gasteiger partial charge in [0.05, 0.1) is 20.9 Å². The number of para-hydroxylation sites is 1. The number of carbonyl (C=O) groups is 1. The zero-order valence-electron chi connectivity index (χ0n) is 12.7. The largest absolute Gasteiger partial charge is 0.302 e. The second-order valence-corrected chi connectivity index (χ2v) is 7.92. The molecule has 0 saturated heterocycles. The zero-order valence-corrected chi connectivity index (χ0v) is 14.3. The Bertz CT molecular complexity index is 798. The fourth-order valence-corrected chi connectivity index (χ4v) is 4.93. The van der Waals surface area contributed by atoms with Gasteiger partial charge in [-0.05, 0) is 44.2 Å². The SMILES string of the molecule is O=C(CCCc1nc2ccccc2s1)Nc1nc2c(s1)CCC2. The first-order chi connectivity index (χ1) is 11.3. The Balaban J connectivity index is 1.29. The molecule has 0 radical (unpaired) electrons. The van der Waals surface area contributed by atoms with Crippen molar-refractivity contribution >= 4 is 43.9 Å². The first-order valence-electron chi connectivity index (χ1n) is 7.91. The van der Waals surface area contributed by atoms with Gasteiger partial charge in [0.15, 0.2) is 5.13 Å². The molecule has 0 bridgehead atoms. The number of hydrogen-bond donors (Lipinski definition) is 1. The average Bonchev–Trinajstić information content (AvgIpc) is 3.20. The van der Waals surface area contributed by atoms with Gasteiger partial charge >= 0.3 is 0 Å². The maximum Gasteiger partial charge on any atom is 0.226 e. The lowest BCUT2D eigenvalue weighted by Gasteiger charge is -2.00. The Morgan fingerprint density at radius 2 is 2.09 bits per heavy atom. The summed E-state index contributed by atoms with van der Waals surface area (Å²) in [6.45, 7) is 0. The van der Waals surface area contributed by atoms with E-state index < -0.39 is 0 Å². The zero-order chi connectivity index (χ0) is 15.6. The summed E-state index contributed by atoms with van der Waals surface area (Å²) in [5, 5.41) is 4.80. The Hall–Kier alpha value is -1.79. The highest BCUT2D eigenvalue weighted by Crippen LogP contribution is 2.30. The molecule has 0 spiro atoms. The summed E-state index contributed by atoms with van der Waals surface area (Å²) in [4.78, 5) is 22.5. The molecule has 0 unspecified atom stereocenters. The van der Waals surface area contributed by atoms with E-state index in [1.54, 1.807) is 22.7 Å². The molecule has 1 aliphatic rings. The third-order valence-corrected chi connectivity index (χ3v) is 6.14. The fourth-order valence-electron chi connectivity index (χ4n) is 2.85. The second-order valence-electron chi connectivity index (χ2n) is 5.72. The number of aryl methyl sites for hydroxylation is 3. The van der Waals surface area contributed by atoms with Crippen LogP contribution < -0.4 is 5.32 Å². The smallest absolute Gasteiger partial charge is 0.226 e. The summed E-state index contributed by atoms with van der Waals surface area (Å²) in [5.74, 6) is 0.0542. The van der Waals surface area contributed by atoms with Crippen LogP contribution in [0.4, 0.5) is 5.13 Å². The summed E-state index contributed by atoms with van der Waals surface area (Å²) >= 11 is 3.35. The van der Waals surface area contributed by atoms with Crippen LogP contribution in [0, 0.1) is 0 Å². The number of benzene rings is 1. The lowest BCUT2D eigenvalue weighted by atomic mass is 10.2. The van der Waals surface area contributed by atoms with E-state index in [1.165, 1.54) is 21.7 Å². The van der Waals surface area contributed by atoms with Gasteiger partial charge in [-0.15, -0.1) is 22.7 Å². The van der Waals surface area contributed by atoms with Gasteiger partial charge in [-0.25, -0.2) is 9.97 Å². The van der Waals surface area contributed by atoms with E-state index in [9.17, 15) is 4.79 Å². The molecule has 2 aromatic heterocycles. The minimum absolute atomic E-state index is 0.0542. The van der Waals surface area contributed by atoms with Crippen molar-refractivity contribution in [3.05, 3.63) is 39.8 Å². The molecule has 0 fully saturated rings. The minimum atomic E-state index is 0.0542. The maximum atomic E-state index is 12.0. The number of rotatable bonds is 5. The van der Waals surface area contributed by atoms with Gasteiger partial charge in [-0.3, -0.25) is 4.79 Å². The molecule has 4 rings (SSSR count). The van der Waals surface area contributed by atoms with Crippen LogP contribution >= 0.6 is 22.7 Å². The molecule has 118 valence electrons. The molecule has 0 aliphatic heterocycles. The highest BCUT2D eigenvalue weighted by molar-refractivity contribution is 7.18. The molecular formula is C17H17N3OS2. The monoisotopic (exact) mass is 343 g/mol. The number of nitrogens with one attached hydrogen (secondary N) is 1. The van der Waals surface area contributed by atoms with Crippen LogP contribution in [-0.4, -0.2) is 15.9 Å². The number of aromatic nitrogens is 2. The Kier molecular flexibility index (Phi) is 4.10. The Morgan fingerprint density at radius 1 is 1.17 bits per heavy atom. The highest BCUT2D eigenvalue weighted by atomic mass is 32.1. The van der Waals surface area contributed by atoms with Gasteiger partial charge < -0.3 is 5.32 Å². The molecule has 0 atom stereocenters. The van der Waals surface area contributed by atoms with E-state index >= 15 is 0 Å². The van der Waals surface area contributed by atoms with Crippen molar-refractivity contribution in [3.8, 4) is 0 Å². The maximum absolute atomic E-state index is 12.0. The molecular weight excluding hydrogens is 326 g/mol. The first-order valence-corrected chi connectivity index (χ1v) is 9.54. The van der Waals surface area contributed by atoms with Crippen LogP contribution in [0.15, 0.2) is 24.3 Å². The van der Waals surface area contributed by atoms with E-state index in [0.717, 1.165) is 41.3 Å². The van der Waals surface area contributed by atoms with Crippen molar-refractivity contribution in [3.63, 3.8) is 0 Å². The fraction of sp³-hybridized carbons (Fsp3) is 0.353. The van der Waals surface area contributed by atoms with Crippen molar-refractivity contribution in [1.29, 1.82) is 0 Å². The lowest BCUT2D eigenvalue weighted by molar-refractivity contribution is -0.116. The van der Waals surface area contributed by atoms with Gasteiger partial charge in [0.2, 0.25) is 5.91 Å². The molecule has 1 N–H and O–H groups in total. The number of fused-ring (bicyclic) bond motifs is 2. The normalized spacial score (nSPS) is 13.4. The second kappa shape index (κ2) is 6.37. The molecule has 1 amide bonds. The molecule has 0 saturated carbocycles. The van der Waals surface area contributed by atoms with Gasteiger partial charge in [0, 0.05) is 11.3 Å². The summed E-state index contributed by atoms with van der Waals surface area (Å²) in [5.41, 5.74) is 2.23. The van der Waals surface area contributed by atoms with Crippen LogP contribution in [0.1, 0.15) is 34.8 Å². The number of nitrogens with zero attached hydrogens (tertiary/aromatic N) is 2. The topological polar surface area (TPSA) is 54.9 Å². The molecule has 4 nitrogen and oxygen atoms in total. The lowest BCUT2D eigenvalue weighted by Crippen LogP contribution is -2.11. The Labute approximate surface area is 142 Å². The van der Waals surface area contributed by atoms with Gasteiger partial charge in [-0.2, -0.15) is 0 Å². The summed E-state index contributed by atoms with van der Waals surface area (Å²) in [6.07, 6.45) is 5.54. The summed E-state index contributed by atoms with van der Waals surface area (Å²) in [6, 6.07) is 8.16. The predicted octanol–water partition coefficient (Wildman–Crippen LogP) is 4.20. The van der Waals surface area contributed by atoms with Crippen LogP contribution in [0.25, 0.3) is 10.2 Å². The summed E-state index contributed by atoms with van der Waals surface area (Å²) in [7, 11) is 0. The van der Waals surface area contributed by atoms with Crippen LogP contribution in [0.5, 0.6) is 0 Å². The number of hydrogen-bond acceptors (Lipinski definition) is 5. The van der Waals surface area contributed by atoms with Crippen molar-refractivity contribution in [2.24, 2.45) is 0 Å². The molecule has 3 aromatic rings. The number of thiazole rings is 2. The van der Waals surface area contributed by atoms with Crippen molar-refractivity contribution in [2.75, 3.05) is 5.32 Å². The highest BCUT2D eigenvalue weighted by Gasteiger charge is 2.17. The van der Waals surface area contributed by atoms with E-state index in [4.69, 9.17) is 0 Å². The Morgan fingerprint density at radius 3 is 2.96 bits per heavy atom. The van der Waals surface area contributed by atoms with Gasteiger partial charge in [-0.1, -0.05) is 12.1 Å². The molecule has 1 aromatic carbocycles. The van der Waals surface area contributed by atoms with E-state index in [1.807, 2.05) is 18.2 Å². The third-order valence-electron chi connectivity index (χ3n) is 3.97. The van der Waals surface area contributed by atoms with E-state index in [-0.39, 0.29) is 5.91 Å². The van der Waals surface area contributed by atoms with E-state index in [0.29, 0.717) is 6.42 Å². The quantitative estimate of drug-likeness (QED) is 0.755. The molecule has 2 heterocycles. The van der Waals surface area contributed by atoms with Gasteiger partial charge in [0.25, 0.3) is 0 Å². The van der Waals surface area contributed by atoms with Crippen LogP contribution in [0.3, 0.4) is 0 Å². The van der Waals surface area contributed by atoms with Crippen molar-refractivity contribution in [1.82, 2.24) is 9.97 Å². The van der Waals surface area contributed by atoms with Gasteiger partial charge in [0.1, 0.15) is 0 Å². The number of carbonyl (C=O) groups excluding carboxylic acids is 1. The molecule has 23 heavy (non-hydrogen) atoms. The predicted molar refractivity (Wildman–Crippen MR) is 95.3 cm³/mol. The third kappa shape index (κ3) is 3.28. The summed E-state index contributed by atoms with van der Waals surface area (Å²) < 4.78 is 1.21. The van der Waals surface area contributed by atoms with Crippen molar-refractivity contribution < 1.29 is 4.79 Å². The van der Waals surface area contributed by atoms with Crippen molar-refractivity contribution in [2.45, 2.75) is 38.5 Å².